The van der Waals surface area contributed by atoms with Crippen LogP contribution in [-0.2, 0) is 9.47 Å². The number of aliphatic hydroxyl groups is 4. The highest BCUT2D eigenvalue weighted by Crippen LogP contribution is 2.24. The lowest BCUT2D eigenvalue weighted by atomic mass is 9.98. The fraction of sp³-hybridized carbons (Fsp3) is 0.667. The van der Waals surface area contributed by atoms with Crippen LogP contribution in [0.1, 0.15) is 17.4 Å². The number of esters is 1. The van der Waals surface area contributed by atoms with Crippen LogP contribution in [0.15, 0.2) is 5.38 Å². The first kappa shape index (κ1) is 20.2. The minimum Gasteiger partial charge on any atom is -0.461 e. The molecule has 0 aliphatic carbocycles. The number of hydrogen-bond acceptors (Lipinski definition) is 10. The maximum absolute atomic E-state index is 11.5. The van der Waals surface area contributed by atoms with Crippen LogP contribution < -0.4 is 5.32 Å². The van der Waals surface area contributed by atoms with Crippen molar-refractivity contribution in [3.8, 4) is 0 Å². The van der Waals surface area contributed by atoms with E-state index in [0.717, 1.165) is 11.3 Å². The summed E-state index contributed by atoms with van der Waals surface area (Å²) in [6, 6.07) is 0. The molecule has 0 amide bonds. The Balaban J connectivity index is 0.00000264. The first-order chi connectivity index (χ1) is 10.5. The van der Waals surface area contributed by atoms with E-state index in [9.17, 15) is 20.1 Å². The van der Waals surface area contributed by atoms with Gasteiger partial charge in [-0.2, -0.15) is 0 Å². The van der Waals surface area contributed by atoms with Gasteiger partial charge in [0.2, 0.25) is 0 Å². The minimum atomic E-state index is -1.48. The molecule has 0 bridgehead atoms. The Morgan fingerprint density at radius 2 is 2.09 bits per heavy atom. The molecule has 23 heavy (non-hydrogen) atoms. The average Bonchev–Trinajstić information content (AvgIpc) is 2.97. The molecule has 0 spiro atoms. The van der Waals surface area contributed by atoms with Crippen molar-refractivity contribution in [2.45, 2.75) is 37.6 Å². The van der Waals surface area contributed by atoms with E-state index in [4.69, 9.17) is 14.6 Å². The van der Waals surface area contributed by atoms with Crippen LogP contribution in [0.3, 0.4) is 0 Å². The van der Waals surface area contributed by atoms with E-state index in [1.165, 1.54) is 5.38 Å². The largest absolute Gasteiger partial charge is 0.461 e. The molecular weight excluding hydrogens is 396 g/mol. The number of carbonyl (C=O) groups is 1. The molecule has 1 aromatic heterocycles. The maximum Gasteiger partial charge on any atom is 0.357 e. The van der Waals surface area contributed by atoms with Crippen LogP contribution in [0.5, 0.6) is 0 Å². The van der Waals surface area contributed by atoms with Crippen molar-refractivity contribution >= 4 is 39.4 Å². The van der Waals surface area contributed by atoms with Gasteiger partial charge in [-0.05, 0) is 6.92 Å². The van der Waals surface area contributed by atoms with Crippen molar-refractivity contribution in [1.82, 2.24) is 4.98 Å². The molecule has 5 N–H and O–H groups in total. The van der Waals surface area contributed by atoms with E-state index in [0.29, 0.717) is 0 Å². The Hall–Kier alpha value is -0.820. The van der Waals surface area contributed by atoms with Crippen LogP contribution in [-0.4, -0.2) is 75.2 Å². The number of rotatable bonds is 5. The van der Waals surface area contributed by atoms with Gasteiger partial charge in [-0.3, -0.25) is 0 Å². The van der Waals surface area contributed by atoms with Crippen LogP contribution in [0.25, 0.3) is 0 Å². The molecule has 1 saturated heterocycles. The Morgan fingerprint density at radius 1 is 1.39 bits per heavy atom. The molecule has 2 heterocycles. The Kier molecular flexibility index (Phi) is 7.80. The Labute approximate surface area is 146 Å². The molecule has 0 aromatic carbocycles. The molecule has 9 nitrogen and oxygen atoms in total. The van der Waals surface area contributed by atoms with E-state index in [2.05, 4.69) is 10.3 Å². The van der Waals surface area contributed by atoms with Gasteiger partial charge in [-0.25, -0.2) is 9.78 Å². The van der Waals surface area contributed by atoms with E-state index in [1.807, 2.05) is 0 Å². The summed E-state index contributed by atoms with van der Waals surface area (Å²) in [7, 11) is 0. The molecule has 0 saturated carbocycles. The van der Waals surface area contributed by atoms with Crippen molar-refractivity contribution in [2.75, 3.05) is 18.5 Å². The van der Waals surface area contributed by atoms with Gasteiger partial charge in [0, 0.05) is 5.38 Å². The second kappa shape index (κ2) is 8.87. The number of halogens is 1. The lowest BCUT2D eigenvalue weighted by Gasteiger charge is -2.40. The van der Waals surface area contributed by atoms with Gasteiger partial charge in [0.25, 0.3) is 0 Å². The van der Waals surface area contributed by atoms with Gasteiger partial charge < -0.3 is 35.2 Å². The number of hydrogen-bond donors (Lipinski definition) is 5. The topological polar surface area (TPSA) is 141 Å². The van der Waals surface area contributed by atoms with E-state index in [-0.39, 0.29) is 34.4 Å². The van der Waals surface area contributed by atoms with Crippen molar-refractivity contribution in [2.24, 2.45) is 0 Å². The lowest BCUT2D eigenvalue weighted by Crippen LogP contribution is -2.60. The molecule has 1 fully saturated rings. The molecule has 5 atom stereocenters. The fourth-order valence-electron chi connectivity index (χ4n) is 1.98. The zero-order valence-electron chi connectivity index (χ0n) is 12.2. The second-order valence-corrected chi connectivity index (χ2v) is 5.51. The molecule has 2 rings (SSSR count). The number of thiazole rings is 1. The van der Waals surface area contributed by atoms with Crippen molar-refractivity contribution < 1.29 is 34.7 Å². The molecule has 132 valence electrons. The summed E-state index contributed by atoms with van der Waals surface area (Å²) in [5, 5.41) is 42.8. The third-order valence-corrected chi connectivity index (χ3v) is 3.92. The summed E-state index contributed by atoms with van der Waals surface area (Å²) in [4.78, 5) is 15.5. The third kappa shape index (κ3) is 4.59. The van der Waals surface area contributed by atoms with Gasteiger partial charge >= 0.3 is 5.97 Å². The number of nitrogens with one attached hydrogen (secondary N) is 1. The van der Waals surface area contributed by atoms with Crippen LogP contribution in [0.4, 0.5) is 5.13 Å². The maximum atomic E-state index is 11.5. The minimum absolute atomic E-state index is 0. The van der Waals surface area contributed by atoms with Crippen LogP contribution in [0, 0.1) is 0 Å². The smallest absolute Gasteiger partial charge is 0.357 e. The SMILES string of the molecule is Br.CCOC(=O)c1csc(NC2OC(CO)C(O)C(O)C2O)n1. The quantitative estimate of drug-likeness (QED) is 0.387. The van der Waals surface area contributed by atoms with Gasteiger partial charge in [0.15, 0.2) is 17.1 Å². The second-order valence-electron chi connectivity index (χ2n) is 4.65. The van der Waals surface area contributed by atoms with Crippen molar-refractivity contribution in [1.29, 1.82) is 0 Å². The predicted molar refractivity (Wildman–Crippen MR) is 85.8 cm³/mol. The predicted octanol–water partition coefficient (Wildman–Crippen LogP) is -0.891. The molecule has 0 radical (unpaired) electrons. The molecule has 1 aliphatic rings. The highest BCUT2D eigenvalue weighted by molar-refractivity contribution is 8.93. The number of nitrogens with zero attached hydrogens (tertiary/aromatic N) is 1. The molecule has 11 heteroatoms. The normalized spacial score (nSPS) is 30.4. The summed E-state index contributed by atoms with van der Waals surface area (Å²) in [6.07, 6.45) is -6.43. The summed E-state index contributed by atoms with van der Waals surface area (Å²) in [6.45, 7) is 1.39. The summed E-state index contributed by atoms with van der Waals surface area (Å²) in [5.41, 5.74) is 0.110. The zero-order chi connectivity index (χ0) is 16.3. The summed E-state index contributed by atoms with van der Waals surface area (Å²) >= 11 is 1.09. The highest BCUT2D eigenvalue weighted by Gasteiger charge is 2.43. The Bertz CT molecular complexity index is 515. The Morgan fingerprint density at radius 3 is 2.70 bits per heavy atom. The molecule has 1 aliphatic heterocycles. The van der Waals surface area contributed by atoms with Crippen molar-refractivity contribution in [3.63, 3.8) is 0 Å². The summed E-state index contributed by atoms with van der Waals surface area (Å²) in [5.74, 6) is -0.569. The highest BCUT2D eigenvalue weighted by atomic mass is 79.9. The lowest BCUT2D eigenvalue weighted by molar-refractivity contribution is -0.221. The number of ether oxygens (including phenoxy) is 2. The zero-order valence-corrected chi connectivity index (χ0v) is 14.7. The van der Waals surface area contributed by atoms with Gasteiger partial charge in [-0.1, -0.05) is 0 Å². The number of carbonyl (C=O) groups excluding carboxylic acids is 1. The fourth-order valence-corrected chi connectivity index (χ4v) is 2.69. The van der Waals surface area contributed by atoms with Gasteiger partial charge in [0.1, 0.15) is 24.4 Å². The molecular formula is C12H19BrN2O7S. The van der Waals surface area contributed by atoms with Crippen LogP contribution >= 0.6 is 28.3 Å². The van der Waals surface area contributed by atoms with Gasteiger partial charge in [-0.15, -0.1) is 28.3 Å². The van der Waals surface area contributed by atoms with Crippen molar-refractivity contribution in [3.05, 3.63) is 11.1 Å². The summed E-state index contributed by atoms with van der Waals surface area (Å²) < 4.78 is 10.1. The number of aliphatic hydroxyl groups excluding tert-OH is 4. The average molecular weight is 415 g/mol. The van der Waals surface area contributed by atoms with E-state index in [1.54, 1.807) is 6.92 Å². The first-order valence-corrected chi connectivity index (χ1v) is 7.55. The monoisotopic (exact) mass is 414 g/mol. The molecule has 5 unspecified atom stereocenters. The standard InChI is InChI=1S/C12H18N2O7S.BrH/c1-2-20-11(19)5-4-22-12(13-5)14-10-9(18)8(17)7(16)6(3-15)21-10;/h4,6-10,15-18H,2-3H2,1H3,(H,13,14);1H. The first-order valence-electron chi connectivity index (χ1n) is 6.67. The molecule has 1 aromatic rings. The van der Waals surface area contributed by atoms with Crippen LogP contribution in [0.2, 0.25) is 0 Å². The third-order valence-electron chi connectivity index (χ3n) is 3.15. The number of anilines is 1. The van der Waals surface area contributed by atoms with Gasteiger partial charge in [0.05, 0.1) is 13.2 Å². The van der Waals surface area contributed by atoms with E-state index < -0.39 is 43.2 Å². The number of aromatic nitrogens is 1. The van der Waals surface area contributed by atoms with E-state index >= 15 is 0 Å².